The number of ether oxygens (including phenoxy) is 1. The minimum Gasteiger partial charge on any atom is -0.446 e. The molecule has 1 aromatic heterocycles. The van der Waals surface area contributed by atoms with Crippen molar-refractivity contribution in [2.24, 2.45) is 0 Å². The molecule has 1 aromatic carbocycles. The maximum atomic E-state index is 11.9. The fourth-order valence-electron chi connectivity index (χ4n) is 2.64. The number of carbonyl (C=O) groups is 1. The Bertz CT molecular complexity index is 606. The van der Waals surface area contributed by atoms with Crippen molar-refractivity contribution in [1.29, 1.82) is 0 Å². The average molecular weight is 270 g/mol. The highest BCUT2D eigenvalue weighted by Gasteiger charge is 2.17. The summed E-state index contributed by atoms with van der Waals surface area (Å²) in [6.45, 7) is 0. The zero-order valence-electron chi connectivity index (χ0n) is 11.3. The molecule has 1 saturated carbocycles. The third-order valence-electron chi connectivity index (χ3n) is 3.71. The molecule has 0 radical (unpaired) electrons. The Morgan fingerprint density at radius 1 is 1.15 bits per heavy atom. The number of nitrogens with zero attached hydrogens (tertiary/aromatic N) is 1. The van der Waals surface area contributed by atoms with Crippen LogP contribution in [0.2, 0.25) is 0 Å². The van der Waals surface area contributed by atoms with Crippen molar-refractivity contribution in [1.82, 2.24) is 4.98 Å². The second kappa shape index (κ2) is 5.90. The van der Waals surface area contributed by atoms with Gasteiger partial charge < -0.3 is 4.74 Å². The van der Waals surface area contributed by atoms with Crippen LogP contribution >= 0.6 is 0 Å². The van der Waals surface area contributed by atoms with Gasteiger partial charge in [-0.05, 0) is 49.3 Å². The van der Waals surface area contributed by atoms with E-state index in [1.807, 2.05) is 24.3 Å². The molecule has 0 bridgehead atoms. The summed E-state index contributed by atoms with van der Waals surface area (Å²) in [5, 5.41) is 4.90. The number of hydrogen-bond donors (Lipinski definition) is 1. The second-order valence-corrected chi connectivity index (χ2v) is 5.23. The number of pyridine rings is 1. The van der Waals surface area contributed by atoms with Gasteiger partial charge in [-0.3, -0.25) is 10.3 Å². The Balaban J connectivity index is 1.64. The highest BCUT2D eigenvalue weighted by molar-refractivity contribution is 5.90. The van der Waals surface area contributed by atoms with Gasteiger partial charge in [-0.25, -0.2) is 4.79 Å². The molecule has 1 amide bonds. The molecule has 0 aliphatic heterocycles. The first-order chi connectivity index (χ1) is 9.81. The quantitative estimate of drug-likeness (QED) is 0.893. The normalized spacial score (nSPS) is 16.0. The summed E-state index contributed by atoms with van der Waals surface area (Å²) >= 11 is 0. The van der Waals surface area contributed by atoms with Crippen molar-refractivity contribution < 1.29 is 9.53 Å². The van der Waals surface area contributed by atoms with Gasteiger partial charge in [0.25, 0.3) is 0 Å². The molecule has 1 fully saturated rings. The van der Waals surface area contributed by atoms with Crippen molar-refractivity contribution in [3.63, 3.8) is 0 Å². The third kappa shape index (κ3) is 3.07. The molecule has 1 aliphatic rings. The highest BCUT2D eigenvalue weighted by atomic mass is 16.6. The zero-order valence-corrected chi connectivity index (χ0v) is 11.3. The van der Waals surface area contributed by atoms with Gasteiger partial charge in [0, 0.05) is 23.5 Å². The fourth-order valence-corrected chi connectivity index (χ4v) is 2.64. The third-order valence-corrected chi connectivity index (χ3v) is 3.71. The first-order valence-electron chi connectivity index (χ1n) is 7.13. The number of fused-ring (bicyclic) bond motifs is 1. The SMILES string of the molecule is O=C(Nc1ccc2ccncc2c1)OC1CCCCC1. The van der Waals surface area contributed by atoms with E-state index in [0.29, 0.717) is 0 Å². The van der Waals surface area contributed by atoms with E-state index in [1.165, 1.54) is 6.42 Å². The minimum absolute atomic E-state index is 0.0749. The molecule has 20 heavy (non-hydrogen) atoms. The molecule has 2 aromatic rings. The average Bonchev–Trinajstić information content (AvgIpc) is 2.48. The van der Waals surface area contributed by atoms with E-state index in [2.05, 4.69) is 10.3 Å². The smallest absolute Gasteiger partial charge is 0.411 e. The lowest BCUT2D eigenvalue weighted by Gasteiger charge is -2.21. The predicted molar refractivity (Wildman–Crippen MR) is 78.7 cm³/mol. The van der Waals surface area contributed by atoms with Gasteiger partial charge in [0.2, 0.25) is 0 Å². The van der Waals surface area contributed by atoms with Crippen molar-refractivity contribution in [3.8, 4) is 0 Å². The summed E-state index contributed by atoms with van der Waals surface area (Å²) in [6, 6.07) is 7.70. The van der Waals surface area contributed by atoms with Gasteiger partial charge in [-0.15, -0.1) is 0 Å². The standard InChI is InChI=1S/C16H18N2O2/c19-16(20-15-4-2-1-3-5-15)18-14-7-6-12-8-9-17-11-13(12)10-14/h6-11,15H,1-5H2,(H,18,19). The van der Waals surface area contributed by atoms with E-state index < -0.39 is 0 Å². The Kier molecular flexibility index (Phi) is 3.81. The van der Waals surface area contributed by atoms with Crippen LogP contribution in [0.5, 0.6) is 0 Å². The number of hydrogen-bond acceptors (Lipinski definition) is 3. The summed E-state index contributed by atoms with van der Waals surface area (Å²) < 4.78 is 5.44. The monoisotopic (exact) mass is 270 g/mol. The van der Waals surface area contributed by atoms with Crippen LogP contribution in [0.3, 0.4) is 0 Å². The number of amides is 1. The lowest BCUT2D eigenvalue weighted by Crippen LogP contribution is -2.24. The first-order valence-corrected chi connectivity index (χ1v) is 7.13. The lowest BCUT2D eigenvalue weighted by atomic mass is 9.98. The summed E-state index contributed by atoms with van der Waals surface area (Å²) in [4.78, 5) is 16.0. The molecule has 1 N–H and O–H groups in total. The number of nitrogens with one attached hydrogen (secondary N) is 1. The Labute approximate surface area is 118 Å². The molecule has 4 nitrogen and oxygen atoms in total. The van der Waals surface area contributed by atoms with E-state index in [0.717, 1.165) is 42.1 Å². The predicted octanol–water partition coefficient (Wildman–Crippen LogP) is 4.12. The minimum atomic E-state index is -0.361. The number of benzene rings is 1. The van der Waals surface area contributed by atoms with Crippen LogP contribution < -0.4 is 5.32 Å². The van der Waals surface area contributed by atoms with E-state index in [1.54, 1.807) is 12.4 Å². The van der Waals surface area contributed by atoms with Gasteiger partial charge in [-0.1, -0.05) is 12.5 Å². The number of carbonyl (C=O) groups excluding carboxylic acids is 1. The van der Waals surface area contributed by atoms with E-state index >= 15 is 0 Å². The molecule has 4 heteroatoms. The zero-order chi connectivity index (χ0) is 13.8. The number of rotatable bonds is 2. The summed E-state index contributed by atoms with van der Waals surface area (Å²) in [5.74, 6) is 0. The molecular weight excluding hydrogens is 252 g/mol. The molecule has 0 unspecified atom stereocenters. The molecule has 0 spiro atoms. The fraction of sp³-hybridized carbons (Fsp3) is 0.375. The number of aromatic nitrogens is 1. The van der Waals surface area contributed by atoms with Crippen LogP contribution in [0.25, 0.3) is 10.8 Å². The van der Waals surface area contributed by atoms with Crippen LogP contribution in [0.15, 0.2) is 36.7 Å². The topological polar surface area (TPSA) is 51.2 Å². The summed E-state index contributed by atoms with van der Waals surface area (Å²) in [6.07, 6.45) is 8.77. The van der Waals surface area contributed by atoms with Gasteiger partial charge in [0.15, 0.2) is 0 Å². The van der Waals surface area contributed by atoms with Crippen LogP contribution in [-0.2, 0) is 4.74 Å². The van der Waals surface area contributed by atoms with E-state index in [9.17, 15) is 4.79 Å². The Morgan fingerprint density at radius 2 is 2.00 bits per heavy atom. The molecular formula is C16H18N2O2. The molecule has 1 heterocycles. The second-order valence-electron chi connectivity index (χ2n) is 5.23. The maximum Gasteiger partial charge on any atom is 0.411 e. The van der Waals surface area contributed by atoms with Crippen molar-refractivity contribution in [2.75, 3.05) is 5.32 Å². The van der Waals surface area contributed by atoms with Crippen LogP contribution in [-0.4, -0.2) is 17.2 Å². The maximum absolute atomic E-state index is 11.9. The molecule has 104 valence electrons. The lowest BCUT2D eigenvalue weighted by molar-refractivity contribution is 0.0865. The first kappa shape index (κ1) is 12.9. The van der Waals surface area contributed by atoms with Crippen LogP contribution in [0.1, 0.15) is 32.1 Å². The van der Waals surface area contributed by atoms with E-state index in [-0.39, 0.29) is 12.2 Å². The van der Waals surface area contributed by atoms with Gasteiger partial charge in [0.05, 0.1) is 0 Å². The Morgan fingerprint density at radius 3 is 2.85 bits per heavy atom. The molecule has 0 atom stereocenters. The van der Waals surface area contributed by atoms with Gasteiger partial charge in [-0.2, -0.15) is 0 Å². The van der Waals surface area contributed by atoms with E-state index in [4.69, 9.17) is 4.74 Å². The molecule has 0 saturated heterocycles. The van der Waals surface area contributed by atoms with Gasteiger partial charge >= 0.3 is 6.09 Å². The number of anilines is 1. The van der Waals surface area contributed by atoms with Gasteiger partial charge in [0.1, 0.15) is 6.10 Å². The van der Waals surface area contributed by atoms with Crippen LogP contribution in [0, 0.1) is 0 Å². The highest BCUT2D eigenvalue weighted by Crippen LogP contribution is 2.22. The van der Waals surface area contributed by atoms with Crippen molar-refractivity contribution in [2.45, 2.75) is 38.2 Å². The Hall–Kier alpha value is -2.10. The molecule has 3 rings (SSSR count). The summed E-state index contributed by atoms with van der Waals surface area (Å²) in [7, 11) is 0. The van der Waals surface area contributed by atoms with Crippen molar-refractivity contribution in [3.05, 3.63) is 36.7 Å². The van der Waals surface area contributed by atoms with Crippen molar-refractivity contribution >= 4 is 22.6 Å². The largest absolute Gasteiger partial charge is 0.446 e. The summed E-state index contributed by atoms with van der Waals surface area (Å²) in [5.41, 5.74) is 0.742. The van der Waals surface area contributed by atoms with Crippen LogP contribution in [0.4, 0.5) is 10.5 Å². The molecule has 1 aliphatic carbocycles.